The molecule has 4 N–H and O–H groups in total. The van der Waals surface area contributed by atoms with Gasteiger partial charge in [-0.1, -0.05) is 51.9 Å². The van der Waals surface area contributed by atoms with Gasteiger partial charge in [0.2, 0.25) is 0 Å². The summed E-state index contributed by atoms with van der Waals surface area (Å²) < 4.78 is 0. The molecule has 0 spiro atoms. The predicted molar refractivity (Wildman–Crippen MR) is 72.4 cm³/mol. The topological polar surface area (TPSA) is 72.7 Å². The molecule has 0 unspecified atom stereocenters. The van der Waals surface area contributed by atoms with Gasteiger partial charge in [0.1, 0.15) is 0 Å². The monoisotopic (exact) mass is 259 g/mol. The number of aliphatic hydroxyl groups is 3. The van der Waals surface area contributed by atoms with Gasteiger partial charge < -0.3 is 20.6 Å². The van der Waals surface area contributed by atoms with Crippen molar-refractivity contribution in [3.8, 4) is 0 Å². The molecule has 4 heteroatoms. The van der Waals surface area contributed by atoms with E-state index < -0.39 is 12.2 Å². The van der Waals surface area contributed by atoms with Crippen LogP contribution in [0, 0.1) is 0 Å². The van der Waals surface area contributed by atoms with Crippen molar-refractivity contribution in [1.29, 1.82) is 0 Å². The number of rotatable bonds is 9. The van der Waals surface area contributed by atoms with Crippen LogP contribution in [0.5, 0.6) is 0 Å². The Morgan fingerprint density at radius 1 is 0.833 bits per heavy atom. The van der Waals surface area contributed by atoms with Crippen molar-refractivity contribution < 1.29 is 15.3 Å². The molecule has 1 saturated heterocycles. The minimum absolute atomic E-state index is 0.0622. The first-order valence-electron chi connectivity index (χ1n) is 7.43. The van der Waals surface area contributed by atoms with Gasteiger partial charge in [0.25, 0.3) is 0 Å². The molecule has 4 atom stereocenters. The van der Waals surface area contributed by atoms with E-state index in [4.69, 9.17) is 5.11 Å². The van der Waals surface area contributed by atoms with Gasteiger partial charge in [-0.3, -0.25) is 0 Å². The maximum atomic E-state index is 9.81. The molecule has 1 heterocycles. The fourth-order valence-corrected chi connectivity index (χ4v) is 2.68. The lowest BCUT2D eigenvalue weighted by atomic mass is 10.0. The molecule has 0 aromatic heterocycles. The molecular weight excluding hydrogens is 230 g/mol. The number of hydrogen-bond donors (Lipinski definition) is 4. The fraction of sp³-hybridized carbons (Fsp3) is 1.00. The Kier molecular flexibility index (Phi) is 7.82. The molecule has 0 aliphatic carbocycles. The Balaban J connectivity index is 2.05. The minimum atomic E-state index is -0.829. The lowest BCUT2D eigenvalue weighted by Crippen LogP contribution is -2.36. The van der Waals surface area contributed by atoms with Crippen LogP contribution >= 0.6 is 0 Å². The van der Waals surface area contributed by atoms with Gasteiger partial charge in [0, 0.05) is 6.04 Å². The molecule has 1 aliphatic heterocycles. The number of aliphatic hydroxyl groups excluding tert-OH is 3. The summed E-state index contributed by atoms with van der Waals surface area (Å²) in [5.41, 5.74) is 0. The van der Waals surface area contributed by atoms with Crippen LogP contribution in [0.1, 0.15) is 58.3 Å². The summed E-state index contributed by atoms with van der Waals surface area (Å²) in [7, 11) is 0. The number of unbranched alkanes of at least 4 members (excludes halogenated alkanes) is 6. The molecule has 108 valence electrons. The summed E-state index contributed by atoms with van der Waals surface area (Å²) in [4.78, 5) is 0. The fourth-order valence-electron chi connectivity index (χ4n) is 2.68. The van der Waals surface area contributed by atoms with Crippen molar-refractivity contribution in [3.63, 3.8) is 0 Å². The zero-order valence-electron chi connectivity index (χ0n) is 11.5. The summed E-state index contributed by atoms with van der Waals surface area (Å²) in [6.07, 6.45) is 8.07. The Morgan fingerprint density at radius 2 is 1.39 bits per heavy atom. The van der Waals surface area contributed by atoms with E-state index in [-0.39, 0.29) is 18.7 Å². The summed E-state index contributed by atoms with van der Waals surface area (Å²) in [5.74, 6) is 0. The van der Waals surface area contributed by atoms with Crippen molar-refractivity contribution in [2.24, 2.45) is 0 Å². The molecule has 18 heavy (non-hydrogen) atoms. The van der Waals surface area contributed by atoms with Crippen molar-refractivity contribution in [2.75, 3.05) is 6.61 Å². The molecule has 0 amide bonds. The minimum Gasteiger partial charge on any atom is -0.395 e. The standard InChI is InChI=1S/C14H29NO3/c1-2-3-4-5-6-7-8-9-11-13(17)14(18)12(10-16)15-11/h11-18H,2-10H2,1H3/t11-,12-,13-,14-/m0/s1. The zero-order chi connectivity index (χ0) is 13.4. The van der Waals surface area contributed by atoms with E-state index in [9.17, 15) is 10.2 Å². The third-order valence-corrected chi connectivity index (χ3v) is 3.92. The van der Waals surface area contributed by atoms with Gasteiger partial charge in [0.05, 0.1) is 24.9 Å². The van der Waals surface area contributed by atoms with Crippen LogP contribution in [-0.4, -0.2) is 46.2 Å². The van der Waals surface area contributed by atoms with E-state index in [1.807, 2.05) is 0 Å². The second-order valence-corrected chi connectivity index (χ2v) is 5.45. The first kappa shape index (κ1) is 15.9. The highest BCUT2D eigenvalue weighted by Gasteiger charge is 2.39. The summed E-state index contributed by atoms with van der Waals surface area (Å²) in [6.45, 7) is 2.10. The Bertz CT molecular complexity index is 213. The molecule has 1 aliphatic rings. The molecule has 0 aromatic rings. The van der Waals surface area contributed by atoms with Crippen molar-refractivity contribution >= 4 is 0 Å². The van der Waals surface area contributed by atoms with E-state index in [0.717, 1.165) is 12.8 Å². The summed E-state index contributed by atoms with van der Waals surface area (Å²) in [6, 6.07) is -0.428. The highest BCUT2D eigenvalue weighted by atomic mass is 16.3. The molecule has 0 radical (unpaired) electrons. The second kappa shape index (κ2) is 8.86. The van der Waals surface area contributed by atoms with Gasteiger partial charge in [-0.25, -0.2) is 0 Å². The van der Waals surface area contributed by atoms with Crippen LogP contribution in [0.4, 0.5) is 0 Å². The van der Waals surface area contributed by atoms with Crippen molar-refractivity contribution in [2.45, 2.75) is 82.6 Å². The molecule has 0 saturated carbocycles. The molecule has 4 nitrogen and oxygen atoms in total. The van der Waals surface area contributed by atoms with Crippen LogP contribution in [-0.2, 0) is 0 Å². The Labute approximate surface area is 110 Å². The van der Waals surface area contributed by atoms with Crippen LogP contribution in [0.15, 0.2) is 0 Å². The molecular formula is C14H29NO3. The molecule has 0 aromatic carbocycles. The highest BCUT2D eigenvalue weighted by molar-refractivity contribution is 4.97. The smallest absolute Gasteiger partial charge is 0.0989 e. The molecule has 0 bridgehead atoms. The van der Waals surface area contributed by atoms with Crippen molar-refractivity contribution in [3.05, 3.63) is 0 Å². The summed E-state index contributed by atoms with van der Waals surface area (Å²) >= 11 is 0. The quantitative estimate of drug-likeness (QED) is 0.469. The lowest BCUT2D eigenvalue weighted by molar-refractivity contribution is 0.0186. The van der Waals surface area contributed by atoms with Gasteiger partial charge in [0.15, 0.2) is 0 Å². The SMILES string of the molecule is CCCCCCCCC[C@@H]1N[C@@H](CO)[C@H](O)[C@H]1O. The Morgan fingerprint density at radius 3 is 1.94 bits per heavy atom. The summed E-state index contributed by atoms with van der Waals surface area (Å²) in [5, 5.41) is 31.6. The van der Waals surface area contributed by atoms with Gasteiger partial charge >= 0.3 is 0 Å². The maximum absolute atomic E-state index is 9.81. The second-order valence-electron chi connectivity index (χ2n) is 5.45. The zero-order valence-corrected chi connectivity index (χ0v) is 11.5. The first-order valence-corrected chi connectivity index (χ1v) is 7.43. The maximum Gasteiger partial charge on any atom is 0.0989 e. The van der Waals surface area contributed by atoms with Gasteiger partial charge in [-0.2, -0.15) is 0 Å². The Hall–Kier alpha value is -0.160. The van der Waals surface area contributed by atoms with Crippen LogP contribution in [0.25, 0.3) is 0 Å². The number of nitrogens with one attached hydrogen (secondary N) is 1. The highest BCUT2D eigenvalue weighted by Crippen LogP contribution is 2.19. The van der Waals surface area contributed by atoms with E-state index in [1.54, 1.807) is 0 Å². The van der Waals surface area contributed by atoms with Crippen LogP contribution in [0.2, 0.25) is 0 Å². The van der Waals surface area contributed by atoms with E-state index in [1.165, 1.54) is 38.5 Å². The molecule has 1 rings (SSSR count). The predicted octanol–water partition coefficient (Wildman–Crippen LogP) is 1.18. The largest absolute Gasteiger partial charge is 0.395 e. The average Bonchev–Trinajstić information content (AvgIpc) is 2.65. The normalized spacial score (nSPS) is 32.0. The van der Waals surface area contributed by atoms with E-state index in [0.29, 0.717) is 0 Å². The third-order valence-electron chi connectivity index (χ3n) is 3.92. The third kappa shape index (κ3) is 4.84. The average molecular weight is 259 g/mol. The van der Waals surface area contributed by atoms with E-state index in [2.05, 4.69) is 12.2 Å². The lowest BCUT2D eigenvalue weighted by Gasteiger charge is -2.15. The van der Waals surface area contributed by atoms with Crippen LogP contribution < -0.4 is 5.32 Å². The molecule has 1 fully saturated rings. The van der Waals surface area contributed by atoms with Crippen LogP contribution in [0.3, 0.4) is 0 Å². The number of hydrogen-bond acceptors (Lipinski definition) is 4. The van der Waals surface area contributed by atoms with Crippen molar-refractivity contribution in [1.82, 2.24) is 5.32 Å². The first-order chi connectivity index (χ1) is 8.70. The van der Waals surface area contributed by atoms with E-state index >= 15 is 0 Å². The van der Waals surface area contributed by atoms with Gasteiger partial charge in [-0.15, -0.1) is 0 Å². The van der Waals surface area contributed by atoms with Gasteiger partial charge in [-0.05, 0) is 6.42 Å².